The molecule has 130 valence electrons. The van der Waals surface area contributed by atoms with Crippen molar-refractivity contribution in [3.05, 3.63) is 22.7 Å². The maximum Gasteiger partial charge on any atom is 0.237 e. The van der Waals surface area contributed by atoms with Gasteiger partial charge in [-0.3, -0.25) is 9.59 Å². The quantitative estimate of drug-likeness (QED) is 0.877. The number of nitrogens with zero attached hydrogens (tertiary/aromatic N) is 1. The smallest absolute Gasteiger partial charge is 0.237 e. The molecule has 2 N–H and O–H groups in total. The molecule has 3 rings (SSSR count). The predicted octanol–water partition coefficient (Wildman–Crippen LogP) is 1.91. The Kier molecular flexibility index (Phi) is 5.14. The minimum absolute atomic E-state index is 0.0399. The van der Waals surface area contributed by atoms with Crippen molar-refractivity contribution in [1.82, 2.24) is 4.90 Å². The minimum Gasteiger partial charge on any atom is -0.486 e. The first-order chi connectivity index (χ1) is 11.5. The third kappa shape index (κ3) is 3.75. The van der Waals surface area contributed by atoms with E-state index in [9.17, 15) is 9.59 Å². The molecule has 1 aliphatic carbocycles. The van der Waals surface area contributed by atoms with E-state index in [1.165, 1.54) is 0 Å². The molecule has 1 heterocycles. The maximum atomic E-state index is 12.7. The number of benzene rings is 1. The van der Waals surface area contributed by atoms with Crippen molar-refractivity contribution in [2.75, 3.05) is 19.8 Å². The molecule has 2 amide bonds. The number of ether oxygens (including phenoxy) is 2. The number of nitrogens with two attached hydrogens (primary N) is 1. The molecule has 6 nitrogen and oxygen atoms in total. The first kappa shape index (κ1) is 16.9. The lowest BCUT2D eigenvalue weighted by Gasteiger charge is -2.28. The van der Waals surface area contributed by atoms with Crippen molar-refractivity contribution in [3.63, 3.8) is 0 Å². The van der Waals surface area contributed by atoms with E-state index in [2.05, 4.69) is 0 Å². The van der Waals surface area contributed by atoms with Gasteiger partial charge in [0.15, 0.2) is 11.5 Å². The topological polar surface area (TPSA) is 81.9 Å². The molecule has 1 saturated carbocycles. The molecule has 1 fully saturated rings. The molecule has 1 aromatic rings. The Bertz CT molecular complexity index is 644. The van der Waals surface area contributed by atoms with Crippen LogP contribution in [0, 0.1) is 0 Å². The van der Waals surface area contributed by atoms with E-state index in [1.807, 2.05) is 0 Å². The monoisotopic (exact) mass is 352 g/mol. The third-order valence-electron chi connectivity index (χ3n) is 4.42. The van der Waals surface area contributed by atoms with Crippen molar-refractivity contribution in [2.24, 2.45) is 5.73 Å². The van der Waals surface area contributed by atoms with Crippen LogP contribution in [-0.4, -0.2) is 42.5 Å². The summed E-state index contributed by atoms with van der Waals surface area (Å²) in [7, 11) is 0. The molecule has 2 aliphatic rings. The average Bonchev–Trinajstić information content (AvgIpc) is 3.06. The zero-order valence-electron chi connectivity index (χ0n) is 13.4. The predicted molar refractivity (Wildman–Crippen MR) is 89.3 cm³/mol. The highest BCUT2D eigenvalue weighted by molar-refractivity contribution is 6.32. The van der Waals surface area contributed by atoms with E-state index in [0.717, 1.165) is 31.2 Å². The van der Waals surface area contributed by atoms with Crippen LogP contribution in [0.3, 0.4) is 0 Å². The first-order valence-electron chi connectivity index (χ1n) is 8.20. The van der Waals surface area contributed by atoms with E-state index >= 15 is 0 Å². The molecule has 0 aromatic heterocycles. The minimum atomic E-state index is -0.490. The summed E-state index contributed by atoms with van der Waals surface area (Å²) in [5, 5.41) is 0.428. The van der Waals surface area contributed by atoms with Gasteiger partial charge < -0.3 is 20.1 Å². The summed E-state index contributed by atoms with van der Waals surface area (Å²) < 4.78 is 11.0. The number of hydrogen-bond acceptors (Lipinski definition) is 4. The van der Waals surface area contributed by atoms with Gasteiger partial charge in [-0.15, -0.1) is 0 Å². The lowest BCUT2D eigenvalue weighted by atomic mass is 10.1. The van der Waals surface area contributed by atoms with Crippen molar-refractivity contribution < 1.29 is 19.1 Å². The Hall–Kier alpha value is -1.95. The van der Waals surface area contributed by atoms with E-state index in [-0.39, 0.29) is 24.9 Å². The van der Waals surface area contributed by atoms with Crippen LogP contribution in [0.2, 0.25) is 5.02 Å². The summed E-state index contributed by atoms with van der Waals surface area (Å²) in [5.41, 5.74) is 6.05. The summed E-state index contributed by atoms with van der Waals surface area (Å²) in [6.45, 7) is 0.872. The van der Waals surface area contributed by atoms with E-state index in [1.54, 1.807) is 17.0 Å². The second-order valence-corrected chi connectivity index (χ2v) is 6.61. The summed E-state index contributed by atoms with van der Waals surface area (Å²) in [4.78, 5) is 25.7. The number of amides is 2. The van der Waals surface area contributed by atoms with Crippen LogP contribution in [0.1, 0.15) is 31.2 Å². The van der Waals surface area contributed by atoms with Gasteiger partial charge in [-0.1, -0.05) is 24.4 Å². The highest BCUT2D eigenvalue weighted by Crippen LogP contribution is 2.38. The molecule has 1 aliphatic heterocycles. The molecule has 24 heavy (non-hydrogen) atoms. The van der Waals surface area contributed by atoms with Gasteiger partial charge in [0.2, 0.25) is 11.8 Å². The lowest BCUT2D eigenvalue weighted by Crippen LogP contribution is -2.44. The Morgan fingerprint density at radius 2 is 1.92 bits per heavy atom. The van der Waals surface area contributed by atoms with Crippen LogP contribution >= 0.6 is 11.6 Å². The van der Waals surface area contributed by atoms with Gasteiger partial charge in [0.1, 0.15) is 13.2 Å². The summed E-state index contributed by atoms with van der Waals surface area (Å²) in [6.07, 6.45) is 4.13. The first-order valence-corrected chi connectivity index (χ1v) is 8.58. The van der Waals surface area contributed by atoms with E-state index in [0.29, 0.717) is 29.7 Å². The Morgan fingerprint density at radius 1 is 1.21 bits per heavy atom. The molecule has 0 saturated heterocycles. The number of carbonyl (C=O) groups is 2. The summed E-state index contributed by atoms with van der Waals surface area (Å²) in [6, 6.07) is 3.58. The van der Waals surface area contributed by atoms with Crippen molar-refractivity contribution in [3.8, 4) is 11.5 Å². The highest BCUT2D eigenvalue weighted by atomic mass is 35.5. The Balaban J connectivity index is 1.76. The van der Waals surface area contributed by atoms with Gasteiger partial charge in [-0.05, 0) is 30.5 Å². The van der Waals surface area contributed by atoms with Gasteiger partial charge in [-0.25, -0.2) is 0 Å². The Labute approximate surface area is 145 Å². The van der Waals surface area contributed by atoms with Crippen LogP contribution in [0.25, 0.3) is 0 Å². The molecule has 0 atom stereocenters. The lowest BCUT2D eigenvalue weighted by molar-refractivity contribution is -0.136. The van der Waals surface area contributed by atoms with Crippen molar-refractivity contribution in [1.29, 1.82) is 0 Å². The van der Waals surface area contributed by atoms with Crippen molar-refractivity contribution in [2.45, 2.75) is 38.1 Å². The van der Waals surface area contributed by atoms with Crippen LogP contribution in [-0.2, 0) is 16.0 Å². The van der Waals surface area contributed by atoms with Gasteiger partial charge in [0.25, 0.3) is 0 Å². The number of hydrogen-bond donors (Lipinski definition) is 1. The summed E-state index contributed by atoms with van der Waals surface area (Å²) >= 11 is 6.22. The van der Waals surface area contributed by atoms with E-state index < -0.39 is 5.91 Å². The number of fused-ring (bicyclic) bond motifs is 1. The zero-order chi connectivity index (χ0) is 17.1. The van der Waals surface area contributed by atoms with Crippen LogP contribution in [0.4, 0.5) is 0 Å². The molecular weight excluding hydrogens is 332 g/mol. The second-order valence-electron chi connectivity index (χ2n) is 6.20. The number of rotatable bonds is 5. The molecule has 0 radical (unpaired) electrons. The van der Waals surface area contributed by atoms with Crippen LogP contribution in [0.15, 0.2) is 12.1 Å². The fourth-order valence-corrected chi connectivity index (χ4v) is 3.64. The number of carbonyl (C=O) groups excluding carboxylic acids is 2. The Morgan fingerprint density at radius 3 is 2.62 bits per heavy atom. The third-order valence-corrected chi connectivity index (χ3v) is 4.70. The fraction of sp³-hybridized carbons (Fsp3) is 0.529. The molecule has 0 unspecified atom stereocenters. The normalized spacial score (nSPS) is 16.9. The molecular formula is C17H21ClN2O4. The van der Waals surface area contributed by atoms with Gasteiger partial charge in [0, 0.05) is 6.04 Å². The standard InChI is InChI=1S/C17H21ClN2O4/c18-13-7-11(8-14-17(13)24-6-5-23-14)9-16(22)20(10-15(19)21)12-3-1-2-4-12/h7-8,12H,1-6,9-10H2,(H2,19,21). The zero-order valence-corrected chi connectivity index (χ0v) is 14.2. The number of primary amides is 1. The SMILES string of the molecule is NC(=O)CN(C(=O)Cc1cc(Cl)c2c(c1)OCCO2)C1CCCC1. The second kappa shape index (κ2) is 7.30. The molecule has 1 aromatic carbocycles. The summed E-state index contributed by atoms with van der Waals surface area (Å²) in [5.74, 6) is 0.465. The largest absolute Gasteiger partial charge is 0.486 e. The van der Waals surface area contributed by atoms with Crippen LogP contribution < -0.4 is 15.2 Å². The van der Waals surface area contributed by atoms with Gasteiger partial charge in [-0.2, -0.15) is 0 Å². The van der Waals surface area contributed by atoms with E-state index in [4.69, 9.17) is 26.8 Å². The fourth-order valence-electron chi connectivity index (χ4n) is 3.35. The maximum absolute atomic E-state index is 12.7. The van der Waals surface area contributed by atoms with Crippen LogP contribution in [0.5, 0.6) is 11.5 Å². The average molecular weight is 353 g/mol. The number of halogens is 1. The van der Waals surface area contributed by atoms with Gasteiger partial charge >= 0.3 is 0 Å². The molecule has 0 bridgehead atoms. The van der Waals surface area contributed by atoms with Crippen molar-refractivity contribution >= 4 is 23.4 Å². The van der Waals surface area contributed by atoms with Gasteiger partial charge in [0.05, 0.1) is 18.0 Å². The molecule has 7 heteroatoms. The highest BCUT2D eigenvalue weighted by Gasteiger charge is 2.28. The molecule has 0 spiro atoms.